The van der Waals surface area contributed by atoms with E-state index >= 15 is 0 Å². The maximum Gasteiger partial charge on any atom is 0.246 e. The summed E-state index contributed by atoms with van der Waals surface area (Å²) >= 11 is 5.81. The van der Waals surface area contributed by atoms with Crippen molar-refractivity contribution < 1.29 is 12.8 Å². The molecule has 0 radical (unpaired) electrons. The van der Waals surface area contributed by atoms with Crippen LogP contribution in [0.4, 0.5) is 4.39 Å². The second-order valence-corrected chi connectivity index (χ2v) is 6.54. The molecule has 4 nitrogen and oxygen atoms in total. The van der Waals surface area contributed by atoms with Crippen molar-refractivity contribution in [3.05, 3.63) is 28.5 Å². The first-order valence-corrected chi connectivity index (χ1v) is 7.46. The van der Waals surface area contributed by atoms with Crippen LogP contribution in [0.1, 0.15) is 18.4 Å². The molecule has 1 fully saturated rings. The third-order valence-electron chi connectivity index (χ3n) is 2.98. The molecule has 1 aliphatic heterocycles. The Balaban J connectivity index is 2.53. The molecule has 2 N–H and O–H groups in total. The first-order chi connectivity index (χ1) is 8.46. The Kier molecular flexibility index (Phi) is 3.91. The lowest BCUT2D eigenvalue weighted by Gasteiger charge is -2.17. The van der Waals surface area contributed by atoms with Gasteiger partial charge in [0, 0.05) is 30.2 Å². The molecule has 0 saturated carbocycles. The Hall–Kier alpha value is -0.690. The van der Waals surface area contributed by atoms with E-state index in [2.05, 4.69) is 0 Å². The van der Waals surface area contributed by atoms with Crippen LogP contribution in [0.3, 0.4) is 0 Å². The van der Waals surface area contributed by atoms with Gasteiger partial charge in [-0.3, -0.25) is 0 Å². The predicted molar refractivity (Wildman–Crippen MR) is 67.3 cm³/mol. The molecule has 0 aliphatic carbocycles. The van der Waals surface area contributed by atoms with E-state index in [0.717, 1.165) is 18.9 Å². The average Bonchev–Trinajstić information content (AvgIpc) is 2.85. The van der Waals surface area contributed by atoms with Gasteiger partial charge in [0.05, 0.1) is 0 Å². The van der Waals surface area contributed by atoms with Crippen LogP contribution in [-0.2, 0) is 16.6 Å². The molecule has 100 valence electrons. The van der Waals surface area contributed by atoms with E-state index in [1.165, 1.54) is 10.4 Å². The molecular weight excluding hydrogens is 279 g/mol. The minimum Gasteiger partial charge on any atom is -0.326 e. The van der Waals surface area contributed by atoms with Crippen LogP contribution in [0.25, 0.3) is 0 Å². The molecule has 0 spiro atoms. The average molecular weight is 293 g/mol. The summed E-state index contributed by atoms with van der Waals surface area (Å²) in [5, 5.41) is 0.176. The molecule has 0 atom stereocenters. The smallest absolute Gasteiger partial charge is 0.246 e. The summed E-state index contributed by atoms with van der Waals surface area (Å²) < 4.78 is 39.9. The maximum atomic E-state index is 14.1. The van der Waals surface area contributed by atoms with E-state index < -0.39 is 15.8 Å². The Labute approximate surface area is 111 Å². The lowest BCUT2D eigenvalue weighted by atomic mass is 10.2. The Morgan fingerprint density at radius 2 is 1.94 bits per heavy atom. The van der Waals surface area contributed by atoms with Crippen LogP contribution in [0.15, 0.2) is 17.0 Å². The molecule has 1 heterocycles. The topological polar surface area (TPSA) is 63.4 Å². The molecule has 7 heteroatoms. The summed E-state index contributed by atoms with van der Waals surface area (Å²) in [4.78, 5) is -0.377. The Morgan fingerprint density at radius 3 is 2.50 bits per heavy atom. The van der Waals surface area contributed by atoms with Gasteiger partial charge >= 0.3 is 0 Å². The van der Waals surface area contributed by atoms with Gasteiger partial charge < -0.3 is 5.73 Å². The number of nitrogens with two attached hydrogens (primary N) is 1. The highest BCUT2D eigenvalue weighted by molar-refractivity contribution is 7.89. The number of nitrogens with zero attached hydrogens (tertiary/aromatic N) is 1. The van der Waals surface area contributed by atoms with Gasteiger partial charge in [-0.2, -0.15) is 4.31 Å². The van der Waals surface area contributed by atoms with Crippen molar-refractivity contribution in [1.82, 2.24) is 4.31 Å². The van der Waals surface area contributed by atoms with Crippen LogP contribution >= 0.6 is 11.6 Å². The standard InChI is InChI=1S/C11H14ClFN2O2S/c12-9-5-8(7-14)11(13)10(6-9)18(16,17)15-3-1-2-4-15/h5-6H,1-4,7,14H2. The van der Waals surface area contributed by atoms with Crippen molar-refractivity contribution in [3.63, 3.8) is 0 Å². The van der Waals surface area contributed by atoms with Gasteiger partial charge in [-0.05, 0) is 25.0 Å². The van der Waals surface area contributed by atoms with E-state index in [-0.39, 0.29) is 22.0 Å². The van der Waals surface area contributed by atoms with E-state index in [1.54, 1.807) is 0 Å². The van der Waals surface area contributed by atoms with Crippen LogP contribution in [-0.4, -0.2) is 25.8 Å². The SMILES string of the molecule is NCc1cc(Cl)cc(S(=O)(=O)N2CCCC2)c1F. The van der Waals surface area contributed by atoms with Gasteiger partial charge in [0.25, 0.3) is 0 Å². The molecule has 1 aromatic rings. The van der Waals surface area contributed by atoms with Gasteiger partial charge in [-0.1, -0.05) is 11.6 Å². The lowest BCUT2D eigenvalue weighted by Crippen LogP contribution is -2.29. The van der Waals surface area contributed by atoms with E-state index in [1.807, 2.05) is 0 Å². The van der Waals surface area contributed by atoms with Gasteiger partial charge in [-0.15, -0.1) is 0 Å². The molecule has 0 unspecified atom stereocenters. The Morgan fingerprint density at radius 1 is 1.33 bits per heavy atom. The van der Waals surface area contributed by atoms with Crippen molar-refractivity contribution in [3.8, 4) is 0 Å². The summed E-state index contributed by atoms with van der Waals surface area (Å²) in [7, 11) is -3.81. The van der Waals surface area contributed by atoms with Crippen molar-refractivity contribution in [2.45, 2.75) is 24.3 Å². The highest BCUT2D eigenvalue weighted by atomic mass is 35.5. The predicted octanol–water partition coefficient (Wildman–Crippen LogP) is 1.72. The van der Waals surface area contributed by atoms with E-state index in [4.69, 9.17) is 17.3 Å². The molecule has 0 bridgehead atoms. The van der Waals surface area contributed by atoms with Gasteiger partial charge in [0.15, 0.2) is 0 Å². The number of rotatable bonds is 3. The normalized spacial score (nSPS) is 17.3. The summed E-state index contributed by atoms with van der Waals surface area (Å²) in [6, 6.07) is 2.49. The Bertz CT molecular complexity index is 556. The summed E-state index contributed by atoms with van der Waals surface area (Å²) in [5.41, 5.74) is 5.49. The first kappa shape index (κ1) is 13.7. The summed E-state index contributed by atoms with van der Waals surface area (Å²) in [6.07, 6.45) is 1.59. The largest absolute Gasteiger partial charge is 0.326 e. The van der Waals surface area contributed by atoms with Gasteiger partial charge in [0.1, 0.15) is 10.7 Å². The van der Waals surface area contributed by atoms with Crippen LogP contribution in [0, 0.1) is 5.82 Å². The van der Waals surface area contributed by atoms with Crippen molar-refractivity contribution in [1.29, 1.82) is 0 Å². The number of halogens is 2. The fourth-order valence-electron chi connectivity index (χ4n) is 2.02. The maximum absolute atomic E-state index is 14.1. The summed E-state index contributed by atoms with van der Waals surface area (Å²) in [5.74, 6) is -0.797. The minimum absolute atomic E-state index is 0.0884. The fourth-order valence-corrected chi connectivity index (χ4v) is 3.98. The number of hydrogen-bond acceptors (Lipinski definition) is 3. The van der Waals surface area contributed by atoms with E-state index in [0.29, 0.717) is 13.1 Å². The van der Waals surface area contributed by atoms with E-state index in [9.17, 15) is 12.8 Å². The number of hydrogen-bond donors (Lipinski definition) is 1. The van der Waals surface area contributed by atoms with Crippen molar-refractivity contribution >= 4 is 21.6 Å². The third-order valence-corrected chi connectivity index (χ3v) is 5.10. The zero-order chi connectivity index (χ0) is 13.3. The van der Waals surface area contributed by atoms with Crippen LogP contribution < -0.4 is 5.73 Å². The monoisotopic (exact) mass is 292 g/mol. The van der Waals surface area contributed by atoms with Crippen molar-refractivity contribution in [2.24, 2.45) is 5.73 Å². The highest BCUT2D eigenvalue weighted by Gasteiger charge is 2.30. The van der Waals surface area contributed by atoms with Crippen molar-refractivity contribution in [2.75, 3.05) is 13.1 Å². The third kappa shape index (κ3) is 2.38. The quantitative estimate of drug-likeness (QED) is 0.923. The molecule has 0 amide bonds. The molecule has 0 aromatic heterocycles. The second-order valence-electron chi connectivity index (χ2n) is 4.19. The zero-order valence-electron chi connectivity index (χ0n) is 9.70. The summed E-state index contributed by atoms with van der Waals surface area (Å²) in [6.45, 7) is 0.757. The van der Waals surface area contributed by atoms with Gasteiger partial charge in [0.2, 0.25) is 10.0 Å². The molecule has 1 saturated heterocycles. The lowest BCUT2D eigenvalue weighted by molar-refractivity contribution is 0.468. The zero-order valence-corrected chi connectivity index (χ0v) is 11.3. The van der Waals surface area contributed by atoms with Crippen LogP contribution in [0.5, 0.6) is 0 Å². The molecular formula is C11H14ClFN2O2S. The molecule has 2 rings (SSSR count). The molecule has 1 aliphatic rings. The fraction of sp³-hybridized carbons (Fsp3) is 0.455. The molecule has 1 aromatic carbocycles. The molecule has 18 heavy (non-hydrogen) atoms. The number of benzene rings is 1. The van der Waals surface area contributed by atoms with Gasteiger partial charge in [-0.25, -0.2) is 12.8 Å². The number of sulfonamides is 1. The van der Waals surface area contributed by atoms with Crippen LogP contribution in [0.2, 0.25) is 5.02 Å². The second kappa shape index (κ2) is 5.13. The highest BCUT2D eigenvalue weighted by Crippen LogP contribution is 2.28. The minimum atomic E-state index is -3.81. The first-order valence-electron chi connectivity index (χ1n) is 5.65.